The van der Waals surface area contributed by atoms with Crippen molar-refractivity contribution < 1.29 is 24.0 Å². The Labute approximate surface area is 116 Å². The van der Waals surface area contributed by atoms with Crippen LogP contribution in [0.5, 0.6) is 0 Å². The van der Waals surface area contributed by atoms with E-state index >= 15 is 0 Å². The summed E-state index contributed by atoms with van der Waals surface area (Å²) < 4.78 is 10.8. The van der Waals surface area contributed by atoms with Gasteiger partial charge in [0.2, 0.25) is 0 Å². The Kier molecular flexibility index (Phi) is 17.2. The Balaban J connectivity index is 0.00000121. The fourth-order valence-electron chi connectivity index (χ4n) is 1.34. The van der Waals surface area contributed by atoms with Gasteiger partial charge in [-0.3, -0.25) is 0 Å². The molecule has 107 valence electrons. The van der Waals surface area contributed by atoms with Gasteiger partial charge in [0.15, 0.2) is 0 Å². The fraction of sp³-hybridized carbons (Fsp3) is 1.00. The van der Waals surface area contributed by atoms with Crippen molar-refractivity contribution >= 4 is 10.2 Å². The predicted molar refractivity (Wildman–Crippen MR) is 66.1 cm³/mol. The second-order valence-corrected chi connectivity index (χ2v) is 3.47. The van der Waals surface area contributed by atoms with Crippen LogP contribution in [0.4, 0.5) is 0 Å². The predicted octanol–water partition coefficient (Wildman–Crippen LogP) is -0.511. The summed E-state index contributed by atoms with van der Waals surface area (Å²) >= 11 is 3.35. The van der Waals surface area contributed by atoms with E-state index < -0.39 is 0 Å². The first-order chi connectivity index (χ1) is 8.50. The van der Waals surface area contributed by atoms with Gasteiger partial charge in [0.05, 0.1) is 26.4 Å². The average Bonchev–Trinajstić information content (AvgIpc) is 2.39. The van der Waals surface area contributed by atoms with Gasteiger partial charge in [-0.05, 0) is 0 Å². The first-order valence-electron chi connectivity index (χ1n) is 5.90. The van der Waals surface area contributed by atoms with Crippen LogP contribution in [0.3, 0.4) is 0 Å². The topological polar surface area (TPSA) is 54.5 Å². The molecule has 0 aliphatic carbocycles. The summed E-state index contributed by atoms with van der Waals surface area (Å²) in [6, 6.07) is 0. The van der Waals surface area contributed by atoms with Gasteiger partial charge < -0.3 is 25.4 Å². The fourth-order valence-corrected chi connectivity index (χ4v) is 1.34. The van der Waals surface area contributed by atoms with Crippen molar-refractivity contribution in [1.82, 2.24) is 16.0 Å². The Morgan fingerprint density at radius 1 is 0.588 bits per heavy atom. The third-order valence-corrected chi connectivity index (χ3v) is 2.18. The number of rotatable bonds is 0. The van der Waals surface area contributed by atoms with Crippen molar-refractivity contribution in [2.45, 2.75) is 0 Å². The van der Waals surface area contributed by atoms with Crippen molar-refractivity contribution in [1.29, 1.82) is 0 Å². The molecule has 0 aromatic heterocycles. The molecule has 1 heterocycles. The summed E-state index contributed by atoms with van der Waals surface area (Å²) in [5.74, 6) is 0. The van der Waals surface area contributed by atoms with Gasteiger partial charge in [-0.1, -0.05) is 0 Å². The summed E-state index contributed by atoms with van der Waals surface area (Å²) in [4.78, 5) is 0. The van der Waals surface area contributed by atoms with Crippen molar-refractivity contribution in [3.05, 3.63) is 0 Å². The Bertz CT molecular complexity index is 88.1. The third-order valence-electron chi connectivity index (χ3n) is 2.18. The minimum absolute atomic E-state index is 0.694. The van der Waals surface area contributed by atoms with Crippen LogP contribution < -0.4 is 16.0 Å². The minimum atomic E-state index is 0.694. The molecule has 0 saturated carbocycles. The van der Waals surface area contributed by atoms with Gasteiger partial charge in [-0.25, -0.2) is 0 Å². The zero-order chi connectivity index (χ0) is 12.6. The van der Waals surface area contributed by atoms with Crippen LogP contribution in [0.25, 0.3) is 0 Å². The zero-order valence-electron chi connectivity index (χ0n) is 10.1. The third kappa shape index (κ3) is 14.5. The van der Waals surface area contributed by atoms with E-state index in [2.05, 4.69) is 40.7 Å². The maximum absolute atomic E-state index is 5.38. The van der Waals surface area contributed by atoms with Crippen LogP contribution in [-0.4, -0.2) is 65.7 Å². The monoisotopic (exact) mass is 310 g/mol. The number of hydrogen-bond acceptors (Lipinski definition) is 5. The molecule has 0 atom stereocenters. The molecule has 1 aliphatic heterocycles. The second kappa shape index (κ2) is 16.6. The van der Waals surface area contributed by atoms with Crippen LogP contribution >= 0.6 is 10.2 Å². The van der Waals surface area contributed by atoms with E-state index in [0.29, 0.717) is 13.2 Å². The van der Waals surface area contributed by atoms with Gasteiger partial charge in [0.1, 0.15) is 0 Å². The van der Waals surface area contributed by atoms with Crippen molar-refractivity contribution in [2.75, 3.05) is 65.7 Å². The molecule has 1 rings (SSSR count). The van der Waals surface area contributed by atoms with Gasteiger partial charge in [-0.15, -0.1) is 0 Å². The number of nitrogens with one attached hydrogen (secondary N) is 3. The van der Waals surface area contributed by atoms with E-state index in [1.807, 2.05) is 0 Å². The van der Waals surface area contributed by atoms with Crippen LogP contribution in [0.15, 0.2) is 0 Å². The van der Waals surface area contributed by atoms with Crippen LogP contribution in [0.1, 0.15) is 0 Å². The Morgan fingerprint density at radius 2 is 0.941 bits per heavy atom. The molecule has 0 radical (unpaired) electrons. The van der Waals surface area contributed by atoms with E-state index in [1.54, 1.807) is 0 Å². The summed E-state index contributed by atoms with van der Waals surface area (Å²) in [7, 11) is 4.26. The number of halogens is 1. The molecule has 5 nitrogen and oxygen atoms in total. The average molecular weight is 311 g/mol. The van der Waals surface area contributed by atoms with E-state index in [9.17, 15) is 0 Å². The normalized spacial score (nSPS) is 21.6. The SMILES string of the molecule is C1CNCCOCCOCCNCCN1.[Cl][Ni]. The van der Waals surface area contributed by atoms with Gasteiger partial charge >= 0.3 is 24.8 Å². The zero-order valence-corrected chi connectivity index (χ0v) is 11.8. The number of ether oxygens (including phenoxy) is 2. The Morgan fingerprint density at radius 3 is 1.35 bits per heavy atom. The van der Waals surface area contributed by atoms with Crippen LogP contribution in [0.2, 0.25) is 0 Å². The van der Waals surface area contributed by atoms with Crippen molar-refractivity contribution in [3.8, 4) is 0 Å². The molecule has 1 saturated heterocycles. The standard InChI is InChI=1S/C10H23N3O2.ClH.Ni/c1-3-12-5-7-14-9-10-15-8-6-13-4-2-11-1;;/h11-13H,1-10H2;1H;/q;;+1/p-1. The summed E-state index contributed by atoms with van der Waals surface area (Å²) in [5, 5.41) is 9.96. The molecule has 0 unspecified atom stereocenters. The molecule has 0 amide bonds. The molecule has 3 N–H and O–H groups in total. The molecule has 7 heteroatoms. The van der Waals surface area contributed by atoms with E-state index in [4.69, 9.17) is 9.47 Å². The first-order valence-corrected chi connectivity index (χ1v) is 7.25. The first kappa shape index (κ1) is 17.6. The van der Waals surface area contributed by atoms with Crippen molar-refractivity contribution in [2.24, 2.45) is 0 Å². The molecule has 17 heavy (non-hydrogen) atoms. The second-order valence-electron chi connectivity index (χ2n) is 3.47. The van der Waals surface area contributed by atoms with Gasteiger partial charge in [-0.2, -0.15) is 0 Å². The molecule has 1 fully saturated rings. The molecule has 0 bridgehead atoms. The van der Waals surface area contributed by atoms with Crippen LogP contribution in [0, 0.1) is 0 Å². The summed E-state index contributed by atoms with van der Waals surface area (Å²) in [6.07, 6.45) is 0. The summed E-state index contributed by atoms with van der Waals surface area (Å²) in [6.45, 7) is 8.78. The van der Waals surface area contributed by atoms with Crippen molar-refractivity contribution in [3.63, 3.8) is 0 Å². The van der Waals surface area contributed by atoms with Gasteiger partial charge in [0.25, 0.3) is 0 Å². The van der Waals surface area contributed by atoms with E-state index in [1.165, 1.54) is 0 Å². The molecule has 0 aromatic rings. The summed E-state index contributed by atoms with van der Waals surface area (Å²) in [5.41, 5.74) is 0. The molecular weight excluding hydrogens is 288 g/mol. The molecular formula is C10H23ClN3NiO2. The van der Waals surface area contributed by atoms with Crippen LogP contribution in [-0.2, 0) is 24.0 Å². The molecule has 0 aromatic carbocycles. The van der Waals surface area contributed by atoms with E-state index in [0.717, 1.165) is 52.5 Å². The quantitative estimate of drug-likeness (QED) is 0.526. The number of hydrogen-bond donors (Lipinski definition) is 3. The molecule has 1 aliphatic rings. The van der Waals surface area contributed by atoms with E-state index in [-0.39, 0.29) is 0 Å². The Hall–Kier alpha value is 0.584. The maximum atomic E-state index is 5.38. The van der Waals surface area contributed by atoms with Gasteiger partial charge in [0, 0.05) is 39.3 Å². The molecule has 0 spiro atoms.